The predicted molar refractivity (Wildman–Crippen MR) is 98.2 cm³/mol. The van der Waals surface area contributed by atoms with Crippen molar-refractivity contribution in [1.82, 2.24) is 5.32 Å². The summed E-state index contributed by atoms with van der Waals surface area (Å²) < 4.78 is 10.9. The molecule has 0 saturated heterocycles. The highest BCUT2D eigenvalue weighted by atomic mass is 16.5. The quantitative estimate of drug-likeness (QED) is 0.896. The summed E-state index contributed by atoms with van der Waals surface area (Å²) in [6.07, 6.45) is 3.20. The monoisotopic (exact) mass is 325 g/mol. The summed E-state index contributed by atoms with van der Waals surface area (Å²) >= 11 is 0. The number of hydrogen-bond donors (Lipinski definition) is 1. The Morgan fingerprint density at radius 2 is 1.75 bits per heavy atom. The third-order valence-electron chi connectivity index (χ3n) is 5.10. The van der Waals surface area contributed by atoms with Crippen molar-refractivity contribution in [1.29, 1.82) is 0 Å². The Morgan fingerprint density at radius 1 is 1.00 bits per heavy atom. The summed E-state index contributed by atoms with van der Waals surface area (Å²) in [6.45, 7) is 5.36. The second kappa shape index (κ2) is 7.27. The van der Waals surface area contributed by atoms with Crippen LogP contribution in [0.2, 0.25) is 0 Å². The molecule has 3 heteroatoms. The molecule has 0 spiro atoms. The van der Waals surface area contributed by atoms with Crippen molar-refractivity contribution in [3.63, 3.8) is 0 Å². The molecule has 1 N–H and O–H groups in total. The van der Waals surface area contributed by atoms with Gasteiger partial charge in [0.25, 0.3) is 0 Å². The third-order valence-corrected chi connectivity index (χ3v) is 5.10. The number of ether oxygens (including phenoxy) is 2. The van der Waals surface area contributed by atoms with Crippen LogP contribution in [0.3, 0.4) is 0 Å². The Labute approximate surface area is 145 Å². The molecule has 3 rings (SSSR count). The van der Waals surface area contributed by atoms with Gasteiger partial charge in [-0.05, 0) is 79.6 Å². The van der Waals surface area contributed by atoms with E-state index in [2.05, 4.69) is 49.5 Å². The molecule has 1 aliphatic rings. The first kappa shape index (κ1) is 16.8. The van der Waals surface area contributed by atoms with Crippen molar-refractivity contribution in [3.8, 4) is 11.5 Å². The molecule has 0 amide bonds. The van der Waals surface area contributed by atoms with Crippen LogP contribution in [0.1, 0.15) is 40.3 Å². The molecule has 0 aliphatic carbocycles. The molecule has 0 bridgehead atoms. The van der Waals surface area contributed by atoms with Crippen molar-refractivity contribution >= 4 is 0 Å². The van der Waals surface area contributed by atoms with Crippen molar-refractivity contribution in [3.05, 3.63) is 58.1 Å². The van der Waals surface area contributed by atoms with Gasteiger partial charge in [-0.1, -0.05) is 18.2 Å². The number of nitrogens with one attached hydrogen (secondary N) is 1. The van der Waals surface area contributed by atoms with E-state index in [1.807, 2.05) is 0 Å². The van der Waals surface area contributed by atoms with Gasteiger partial charge in [0.15, 0.2) is 11.5 Å². The van der Waals surface area contributed by atoms with Crippen LogP contribution in [-0.4, -0.2) is 20.8 Å². The van der Waals surface area contributed by atoms with Crippen LogP contribution in [0.15, 0.2) is 30.3 Å². The van der Waals surface area contributed by atoms with E-state index < -0.39 is 0 Å². The maximum Gasteiger partial charge on any atom is 0.161 e. The van der Waals surface area contributed by atoms with Gasteiger partial charge in [0.1, 0.15) is 0 Å². The summed E-state index contributed by atoms with van der Waals surface area (Å²) in [4.78, 5) is 0. The summed E-state index contributed by atoms with van der Waals surface area (Å²) in [7, 11) is 3.40. The molecule has 0 saturated carbocycles. The second-order valence-electron chi connectivity index (χ2n) is 6.62. The van der Waals surface area contributed by atoms with Crippen molar-refractivity contribution in [2.75, 3.05) is 20.8 Å². The number of rotatable bonds is 5. The molecule has 1 aliphatic heterocycles. The van der Waals surface area contributed by atoms with Gasteiger partial charge in [0.05, 0.1) is 14.2 Å². The van der Waals surface area contributed by atoms with Gasteiger partial charge in [-0.25, -0.2) is 0 Å². The smallest absolute Gasteiger partial charge is 0.161 e. The van der Waals surface area contributed by atoms with E-state index in [1.54, 1.807) is 14.2 Å². The molecule has 0 aromatic heterocycles. The molecule has 0 unspecified atom stereocenters. The zero-order valence-electron chi connectivity index (χ0n) is 15.1. The van der Waals surface area contributed by atoms with Gasteiger partial charge in [0.2, 0.25) is 0 Å². The zero-order valence-corrected chi connectivity index (χ0v) is 15.1. The third kappa shape index (κ3) is 3.41. The molecular formula is C21H27NO2. The summed E-state index contributed by atoms with van der Waals surface area (Å²) in [5.74, 6) is 1.64. The minimum absolute atomic E-state index is 0.371. The van der Waals surface area contributed by atoms with Crippen LogP contribution in [0.4, 0.5) is 0 Å². The van der Waals surface area contributed by atoms with E-state index in [0.717, 1.165) is 37.3 Å². The van der Waals surface area contributed by atoms with Gasteiger partial charge >= 0.3 is 0 Å². The first-order chi connectivity index (χ1) is 11.6. The summed E-state index contributed by atoms with van der Waals surface area (Å²) in [6, 6.07) is 11.4. The minimum Gasteiger partial charge on any atom is -0.493 e. The fraction of sp³-hybridized carbons (Fsp3) is 0.429. The number of aryl methyl sites for hydroxylation is 3. The second-order valence-corrected chi connectivity index (χ2v) is 6.62. The molecule has 128 valence electrons. The minimum atomic E-state index is 0.371. The van der Waals surface area contributed by atoms with Gasteiger partial charge in [-0.3, -0.25) is 0 Å². The number of fused-ring (bicyclic) bond motifs is 1. The molecule has 3 nitrogen and oxygen atoms in total. The van der Waals surface area contributed by atoms with E-state index >= 15 is 0 Å². The first-order valence-corrected chi connectivity index (χ1v) is 8.66. The molecule has 2 aromatic carbocycles. The number of hydrogen-bond acceptors (Lipinski definition) is 3. The maximum atomic E-state index is 5.49. The predicted octanol–water partition coefficient (Wildman–Crippen LogP) is 4.14. The highest BCUT2D eigenvalue weighted by Gasteiger charge is 2.22. The van der Waals surface area contributed by atoms with Crippen molar-refractivity contribution < 1.29 is 9.47 Å². The van der Waals surface area contributed by atoms with Crippen LogP contribution >= 0.6 is 0 Å². The Kier molecular flexibility index (Phi) is 5.10. The fourth-order valence-electron chi connectivity index (χ4n) is 3.50. The Morgan fingerprint density at radius 3 is 2.46 bits per heavy atom. The summed E-state index contributed by atoms with van der Waals surface area (Å²) in [5.41, 5.74) is 6.86. The fourth-order valence-corrected chi connectivity index (χ4v) is 3.50. The average molecular weight is 325 g/mol. The SMILES string of the molecule is COc1cc2c(cc1OC)[C@H](CCc1ccc(C)c(C)c1)NCC2. The van der Waals surface area contributed by atoms with E-state index in [-0.39, 0.29) is 0 Å². The Bertz CT molecular complexity index is 724. The molecule has 0 fully saturated rings. The standard InChI is InChI=1S/C21H27NO2/c1-14-5-6-16(11-15(14)2)7-8-19-18-13-21(24-4)20(23-3)12-17(18)9-10-22-19/h5-6,11-13,19,22H,7-10H2,1-4H3/t19-/m0/s1. The number of methoxy groups -OCH3 is 2. The molecule has 0 radical (unpaired) electrons. The zero-order chi connectivity index (χ0) is 17.1. The first-order valence-electron chi connectivity index (χ1n) is 8.66. The van der Waals surface area contributed by atoms with Gasteiger partial charge in [-0.15, -0.1) is 0 Å². The highest BCUT2D eigenvalue weighted by molar-refractivity contribution is 5.49. The van der Waals surface area contributed by atoms with Gasteiger partial charge in [0, 0.05) is 6.04 Å². The maximum absolute atomic E-state index is 5.49. The highest BCUT2D eigenvalue weighted by Crippen LogP contribution is 2.36. The van der Waals surface area contributed by atoms with Crippen LogP contribution in [0, 0.1) is 13.8 Å². The lowest BCUT2D eigenvalue weighted by atomic mass is 9.89. The lowest BCUT2D eigenvalue weighted by Gasteiger charge is -2.28. The van der Waals surface area contributed by atoms with E-state index in [0.29, 0.717) is 6.04 Å². The van der Waals surface area contributed by atoms with E-state index in [4.69, 9.17) is 9.47 Å². The average Bonchev–Trinajstić information content (AvgIpc) is 2.61. The van der Waals surface area contributed by atoms with Crippen molar-refractivity contribution in [2.24, 2.45) is 0 Å². The Balaban J connectivity index is 1.80. The molecule has 1 heterocycles. The molecule has 2 aromatic rings. The molecule has 1 atom stereocenters. The van der Waals surface area contributed by atoms with E-state index in [1.165, 1.54) is 27.8 Å². The Hall–Kier alpha value is -2.00. The largest absolute Gasteiger partial charge is 0.493 e. The molecular weight excluding hydrogens is 298 g/mol. The molecule has 24 heavy (non-hydrogen) atoms. The van der Waals surface area contributed by atoms with Crippen LogP contribution < -0.4 is 14.8 Å². The topological polar surface area (TPSA) is 30.5 Å². The normalized spacial score (nSPS) is 16.6. The van der Waals surface area contributed by atoms with Gasteiger partial charge < -0.3 is 14.8 Å². The van der Waals surface area contributed by atoms with Gasteiger partial charge in [-0.2, -0.15) is 0 Å². The van der Waals surface area contributed by atoms with E-state index in [9.17, 15) is 0 Å². The lowest BCUT2D eigenvalue weighted by Crippen LogP contribution is -2.30. The van der Waals surface area contributed by atoms with Crippen LogP contribution in [0.5, 0.6) is 11.5 Å². The number of benzene rings is 2. The summed E-state index contributed by atoms with van der Waals surface area (Å²) in [5, 5.41) is 3.66. The van der Waals surface area contributed by atoms with Crippen LogP contribution in [-0.2, 0) is 12.8 Å². The van der Waals surface area contributed by atoms with Crippen LogP contribution in [0.25, 0.3) is 0 Å². The van der Waals surface area contributed by atoms with Crippen molar-refractivity contribution in [2.45, 2.75) is 39.2 Å². The lowest BCUT2D eigenvalue weighted by molar-refractivity contribution is 0.351.